The SMILES string of the molecule is Cc1ccc2c(n1)oc1c(-c3nccc4sccc34)cccc12. The van der Waals surface area contributed by atoms with Crippen molar-refractivity contribution in [1.82, 2.24) is 9.97 Å². The van der Waals surface area contributed by atoms with E-state index >= 15 is 0 Å². The lowest BCUT2D eigenvalue weighted by molar-refractivity contribution is 0.653. The van der Waals surface area contributed by atoms with Crippen LogP contribution in [0.15, 0.2) is 58.5 Å². The van der Waals surface area contributed by atoms with Crippen molar-refractivity contribution in [2.45, 2.75) is 6.92 Å². The van der Waals surface area contributed by atoms with Crippen molar-refractivity contribution in [3.05, 3.63) is 59.7 Å². The quantitative estimate of drug-likeness (QED) is 0.406. The molecule has 4 heterocycles. The molecule has 0 fully saturated rings. The lowest BCUT2D eigenvalue weighted by atomic mass is 10.0. The summed E-state index contributed by atoms with van der Waals surface area (Å²) in [7, 11) is 0. The highest BCUT2D eigenvalue weighted by Crippen LogP contribution is 2.37. The zero-order valence-electron chi connectivity index (χ0n) is 12.4. The number of pyridine rings is 2. The summed E-state index contributed by atoms with van der Waals surface area (Å²) >= 11 is 1.73. The number of rotatable bonds is 1. The van der Waals surface area contributed by atoms with Gasteiger partial charge in [-0.1, -0.05) is 12.1 Å². The smallest absolute Gasteiger partial charge is 0.227 e. The fourth-order valence-electron chi connectivity index (χ4n) is 3.07. The van der Waals surface area contributed by atoms with Gasteiger partial charge < -0.3 is 4.42 Å². The number of fused-ring (bicyclic) bond motifs is 4. The molecule has 0 unspecified atom stereocenters. The molecular formula is C19H12N2OS. The zero-order valence-corrected chi connectivity index (χ0v) is 13.2. The Balaban J connectivity index is 1.92. The Labute approximate surface area is 136 Å². The third-order valence-electron chi connectivity index (χ3n) is 4.14. The second kappa shape index (κ2) is 4.64. The molecule has 0 saturated carbocycles. The van der Waals surface area contributed by atoms with E-state index in [4.69, 9.17) is 4.42 Å². The number of hydrogen-bond donors (Lipinski definition) is 0. The first-order valence-electron chi connectivity index (χ1n) is 7.43. The first-order valence-corrected chi connectivity index (χ1v) is 8.31. The maximum Gasteiger partial charge on any atom is 0.227 e. The van der Waals surface area contributed by atoms with E-state index in [1.807, 2.05) is 25.3 Å². The summed E-state index contributed by atoms with van der Waals surface area (Å²) in [6.07, 6.45) is 1.86. The van der Waals surface area contributed by atoms with E-state index in [2.05, 4.69) is 45.7 Å². The van der Waals surface area contributed by atoms with E-state index < -0.39 is 0 Å². The molecule has 110 valence electrons. The van der Waals surface area contributed by atoms with Crippen LogP contribution in [0.2, 0.25) is 0 Å². The molecule has 23 heavy (non-hydrogen) atoms. The van der Waals surface area contributed by atoms with Crippen molar-refractivity contribution in [3.8, 4) is 11.3 Å². The molecule has 0 aliphatic rings. The second-order valence-corrected chi connectivity index (χ2v) is 6.53. The Bertz CT molecular complexity index is 1190. The molecule has 0 amide bonds. The van der Waals surface area contributed by atoms with Crippen molar-refractivity contribution < 1.29 is 4.42 Å². The monoisotopic (exact) mass is 316 g/mol. The maximum absolute atomic E-state index is 6.10. The first-order chi connectivity index (χ1) is 11.3. The Morgan fingerprint density at radius 2 is 1.91 bits per heavy atom. The van der Waals surface area contributed by atoms with E-state index in [0.29, 0.717) is 5.71 Å². The Morgan fingerprint density at radius 3 is 2.87 bits per heavy atom. The molecular weight excluding hydrogens is 304 g/mol. The minimum atomic E-state index is 0.685. The average Bonchev–Trinajstić information content (AvgIpc) is 3.17. The van der Waals surface area contributed by atoms with Gasteiger partial charge in [-0.25, -0.2) is 4.98 Å². The number of nitrogens with zero attached hydrogens (tertiary/aromatic N) is 2. The predicted molar refractivity (Wildman–Crippen MR) is 94.9 cm³/mol. The molecule has 5 rings (SSSR count). The zero-order chi connectivity index (χ0) is 15.4. The van der Waals surface area contributed by atoms with Crippen LogP contribution in [0.25, 0.3) is 43.4 Å². The molecule has 0 atom stereocenters. The minimum absolute atomic E-state index is 0.685. The predicted octanol–water partition coefficient (Wildman–Crippen LogP) is 5.57. The topological polar surface area (TPSA) is 38.9 Å². The molecule has 3 nitrogen and oxygen atoms in total. The molecule has 1 aromatic carbocycles. The number of furan rings is 1. The molecule has 4 aromatic heterocycles. The van der Waals surface area contributed by atoms with Gasteiger partial charge in [-0.2, -0.15) is 0 Å². The van der Waals surface area contributed by atoms with Crippen molar-refractivity contribution in [3.63, 3.8) is 0 Å². The average molecular weight is 316 g/mol. The van der Waals surface area contributed by atoms with E-state index in [1.165, 1.54) is 4.70 Å². The van der Waals surface area contributed by atoms with Crippen LogP contribution in [0.1, 0.15) is 5.69 Å². The Hall–Kier alpha value is -2.72. The lowest BCUT2D eigenvalue weighted by Crippen LogP contribution is -1.84. The molecule has 0 aliphatic carbocycles. The van der Waals surface area contributed by atoms with Gasteiger partial charge >= 0.3 is 0 Å². The maximum atomic E-state index is 6.10. The van der Waals surface area contributed by atoms with E-state index in [1.54, 1.807) is 11.3 Å². The van der Waals surface area contributed by atoms with Gasteiger partial charge in [-0.3, -0.25) is 4.98 Å². The van der Waals surface area contributed by atoms with Gasteiger partial charge in [-0.15, -0.1) is 11.3 Å². The standard InChI is InChI=1S/C19H12N2OS/c1-11-5-6-13-12-3-2-4-15(18(12)22-19(13)21-11)17-14-8-10-23-16(14)7-9-20-17/h2-10H,1H3. The first kappa shape index (κ1) is 12.8. The van der Waals surface area contributed by atoms with Crippen LogP contribution >= 0.6 is 11.3 Å². The van der Waals surface area contributed by atoms with Crippen LogP contribution in [0.4, 0.5) is 0 Å². The van der Waals surface area contributed by atoms with Crippen molar-refractivity contribution in [1.29, 1.82) is 0 Å². The molecule has 0 N–H and O–H groups in total. The van der Waals surface area contributed by atoms with Gasteiger partial charge in [0, 0.05) is 38.3 Å². The van der Waals surface area contributed by atoms with Gasteiger partial charge in [0.05, 0.1) is 5.69 Å². The summed E-state index contributed by atoms with van der Waals surface area (Å²) in [4.78, 5) is 9.13. The van der Waals surface area contributed by atoms with Gasteiger partial charge in [0.15, 0.2) is 0 Å². The highest BCUT2D eigenvalue weighted by molar-refractivity contribution is 7.17. The van der Waals surface area contributed by atoms with Crippen LogP contribution in [0, 0.1) is 6.92 Å². The fourth-order valence-corrected chi connectivity index (χ4v) is 3.85. The molecule has 0 spiro atoms. The van der Waals surface area contributed by atoms with Crippen molar-refractivity contribution in [2.75, 3.05) is 0 Å². The summed E-state index contributed by atoms with van der Waals surface area (Å²) in [5.41, 5.74) is 4.47. The van der Waals surface area contributed by atoms with E-state index in [9.17, 15) is 0 Å². The van der Waals surface area contributed by atoms with Crippen LogP contribution in [-0.4, -0.2) is 9.97 Å². The number of aromatic nitrogens is 2. The van der Waals surface area contributed by atoms with Crippen LogP contribution in [-0.2, 0) is 0 Å². The van der Waals surface area contributed by atoms with Gasteiger partial charge in [-0.05, 0) is 42.6 Å². The van der Waals surface area contributed by atoms with Crippen LogP contribution < -0.4 is 0 Å². The van der Waals surface area contributed by atoms with Crippen molar-refractivity contribution in [2.24, 2.45) is 0 Å². The molecule has 0 bridgehead atoms. The van der Waals surface area contributed by atoms with E-state index in [-0.39, 0.29) is 0 Å². The largest absolute Gasteiger partial charge is 0.437 e. The minimum Gasteiger partial charge on any atom is -0.437 e. The summed E-state index contributed by atoms with van der Waals surface area (Å²) < 4.78 is 7.33. The second-order valence-electron chi connectivity index (χ2n) is 5.58. The summed E-state index contributed by atoms with van der Waals surface area (Å²) in [5, 5.41) is 5.39. The molecule has 0 saturated heterocycles. The number of benzene rings is 1. The van der Waals surface area contributed by atoms with Crippen LogP contribution in [0.5, 0.6) is 0 Å². The number of thiophene rings is 1. The molecule has 5 aromatic rings. The van der Waals surface area contributed by atoms with Gasteiger partial charge in [0.2, 0.25) is 5.71 Å². The summed E-state index contributed by atoms with van der Waals surface area (Å²) in [5.74, 6) is 0. The Morgan fingerprint density at radius 1 is 0.957 bits per heavy atom. The van der Waals surface area contributed by atoms with Gasteiger partial charge in [0.25, 0.3) is 0 Å². The lowest BCUT2D eigenvalue weighted by Gasteiger charge is -2.03. The fraction of sp³-hybridized carbons (Fsp3) is 0.0526. The summed E-state index contributed by atoms with van der Waals surface area (Å²) in [6.45, 7) is 1.97. The number of para-hydroxylation sites is 1. The van der Waals surface area contributed by atoms with Crippen LogP contribution in [0.3, 0.4) is 0 Å². The third kappa shape index (κ3) is 1.82. The molecule has 4 heteroatoms. The highest BCUT2D eigenvalue weighted by atomic mass is 32.1. The number of hydrogen-bond acceptors (Lipinski definition) is 4. The van der Waals surface area contributed by atoms with E-state index in [0.717, 1.165) is 38.7 Å². The summed E-state index contributed by atoms with van der Waals surface area (Å²) in [6, 6.07) is 14.5. The molecule has 0 radical (unpaired) electrons. The Kier molecular flexibility index (Phi) is 2.58. The third-order valence-corrected chi connectivity index (χ3v) is 5.02. The number of aryl methyl sites for hydroxylation is 1. The van der Waals surface area contributed by atoms with Crippen molar-refractivity contribution >= 4 is 43.5 Å². The highest BCUT2D eigenvalue weighted by Gasteiger charge is 2.15. The normalized spacial score (nSPS) is 11.7. The van der Waals surface area contributed by atoms with Gasteiger partial charge in [0.1, 0.15) is 5.58 Å². The molecule has 0 aliphatic heterocycles.